The Bertz CT molecular complexity index is 857. The second kappa shape index (κ2) is 7.37. The second-order valence-electron chi connectivity index (χ2n) is 7.59. The van der Waals surface area contributed by atoms with Crippen LogP contribution in [0.4, 0.5) is 26.3 Å². The summed E-state index contributed by atoms with van der Waals surface area (Å²) in [6.07, 6.45) is 0. The largest absolute Gasteiger partial charge is 0.540 e. The Balaban J connectivity index is 2.98. The monoisotopic (exact) mass is 408 g/mol. The molecule has 0 spiro atoms. The van der Waals surface area contributed by atoms with Gasteiger partial charge in [-0.15, -0.1) is 0 Å². The molecule has 0 fully saturated rings. The summed E-state index contributed by atoms with van der Waals surface area (Å²) in [6.45, 7) is 11.0. The van der Waals surface area contributed by atoms with Crippen LogP contribution in [0.15, 0.2) is 6.07 Å². The van der Waals surface area contributed by atoms with Crippen molar-refractivity contribution in [3.63, 3.8) is 0 Å². The van der Waals surface area contributed by atoms with E-state index < -0.39 is 59.7 Å². The number of hydrogen-bond donors (Lipinski definition) is 0. The van der Waals surface area contributed by atoms with Crippen molar-refractivity contribution in [1.82, 2.24) is 0 Å². The van der Waals surface area contributed by atoms with Gasteiger partial charge in [-0.05, 0) is 16.6 Å². The number of halogens is 6. The van der Waals surface area contributed by atoms with Crippen molar-refractivity contribution >= 4 is 19.1 Å². The van der Waals surface area contributed by atoms with Crippen molar-refractivity contribution in [2.45, 2.75) is 58.2 Å². The van der Waals surface area contributed by atoms with E-state index in [1.807, 2.05) is 41.5 Å². The van der Waals surface area contributed by atoms with Crippen LogP contribution in [0.1, 0.15) is 41.5 Å². The molecular formula is C19H22F6OSi. The normalized spacial score (nSPS) is 12.7. The molecule has 0 aromatic heterocycles. The lowest BCUT2D eigenvalue weighted by Crippen LogP contribution is -2.51. The van der Waals surface area contributed by atoms with Crippen LogP contribution in [0.3, 0.4) is 0 Å². The zero-order valence-electron chi connectivity index (χ0n) is 16.0. The standard InChI is InChI=1S/C19H22F6OSi/c1-8(2)27(9(3)4,10(5)6)26-19-14-13(16(23)17(24)18(19)25)11(20)7-12(21)15(14)22/h7-10H,1-6H3. The number of benzene rings is 2. The van der Waals surface area contributed by atoms with Gasteiger partial charge in [0.25, 0.3) is 8.32 Å². The lowest BCUT2D eigenvalue weighted by molar-refractivity contribution is 0.402. The minimum Gasteiger partial charge on any atom is -0.540 e. The molecular weight excluding hydrogens is 386 g/mol. The molecule has 1 nitrogen and oxygen atoms in total. The van der Waals surface area contributed by atoms with Gasteiger partial charge in [0.1, 0.15) is 5.82 Å². The van der Waals surface area contributed by atoms with Gasteiger partial charge in [0, 0.05) is 6.07 Å². The van der Waals surface area contributed by atoms with Crippen molar-refractivity contribution in [3.05, 3.63) is 41.0 Å². The highest BCUT2D eigenvalue weighted by Gasteiger charge is 2.48. The van der Waals surface area contributed by atoms with Crippen LogP contribution in [-0.4, -0.2) is 8.32 Å². The molecule has 0 unspecified atom stereocenters. The summed E-state index contributed by atoms with van der Waals surface area (Å²) in [5, 5.41) is -2.22. The lowest BCUT2D eigenvalue weighted by Gasteiger charge is -2.42. The molecule has 2 aromatic rings. The molecule has 2 aromatic carbocycles. The minimum absolute atomic E-state index is 0.0971. The first-order chi connectivity index (χ1) is 12.4. The fraction of sp³-hybridized carbons (Fsp3) is 0.474. The quantitative estimate of drug-likeness (QED) is 0.219. The molecule has 2 rings (SSSR count). The Kier molecular flexibility index (Phi) is 5.90. The third kappa shape index (κ3) is 3.21. The molecule has 0 aliphatic rings. The molecule has 0 bridgehead atoms. The third-order valence-corrected chi connectivity index (χ3v) is 11.2. The highest BCUT2D eigenvalue weighted by molar-refractivity contribution is 6.78. The average Bonchev–Trinajstić information content (AvgIpc) is 2.55. The fourth-order valence-corrected chi connectivity index (χ4v) is 9.32. The first kappa shape index (κ1) is 21.6. The molecule has 27 heavy (non-hydrogen) atoms. The first-order valence-electron chi connectivity index (χ1n) is 8.70. The summed E-state index contributed by atoms with van der Waals surface area (Å²) < 4.78 is 91.1. The van der Waals surface area contributed by atoms with Crippen molar-refractivity contribution in [2.24, 2.45) is 0 Å². The van der Waals surface area contributed by atoms with Gasteiger partial charge in [0.2, 0.25) is 5.82 Å². The lowest BCUT2D eigenvalue weighted by atomic mass is 10.1. The van der Waals surface area contributed by atoms with Crippen LogP contribution in [0.5, 0.6) is 5.75 Å². The summed E-state index contributed by atoms with van der Waals surface area (Å²) in [5.41, 5.74) is -0.371. The number of hydrogen-bond acceptors (Lipinski definition) is 1. The van der Waals surface area contributed by atoms with Crippen LogP contribution in [-0.2, 0) is 0 Å². The Morgan fingerprint density at radius 1 is 0.630 bits per heavy atom. The Labute approximate surface area is 155 Å². The molecule has 0 amide bonds. The van der Waals surface area contributed by atoms with Crippen molar-refractivity contribution in [3.8, 4) is 5.75 Å². The highest BCUT2D eigenvalue weighted by atomic mass is 28.4. The molecule has 0 N–H and O–H groups in total. The van der Waals surface area contributed by atoms with Crippen molar-refractivity contribution in [2.75, 3.05) is 0 Å². The Hall–Kier alpha value is -1.70. The first-order valence-corrected chi connectivity index (χ1v) is 10.8. The zero-order valence-corrected chi connectivity index (χ0v) is 17.0. The van der Waals surface area contributed by atoms with Crippen LogP contribution in [0, 0.1) is 34.9 Å². The third-order valence-electron chi connectivity index (χ3n) is 5.19. The Morgan fingerprint density at radius 3 is 1.56 bits per heavy atom. The van der Waals surface area contributed by atoms with E-state index in [0.29, 0.717) is 0 Å². The summed E-state index contributed by atoms with van der Waals surface area (Å²) in [7, 11) is -2.96. The van der Waals surface area contributed by atoms with E-state index in [1.165, 1.54) is 0 Å². The molecule has 150 valence electrons. The molecule has 8 heteroatoms. The van der Waals surface area contributed by atoms with Gasteiger partial charge in [-0.25, -0.2) is 22.0 Å². The van der Waals surface area contributed by atoms with E-state index in [0.717, 1.165) is 0 Å². The number of fused-ring (bicyclic) bond motifs is 1. The van der Waals surface area contributed by atoms with Gasteiger partial charge in [0.05, 0.1) is 10.8 Å². The second-order valence-corrected chi connectivity index (χ2v) is 13.0. The van der Waals surface area contributed by atoms with Crippen LogP contribution < -0.4 is 4.43 Å². The van der Waals surface area contributed by atoms with E-state index in [4.69, 9.17) is 4.43 Å². The zero-order chi connectivity index (χ0) is 20.8. The van der Waals surface area contributed by atoms with E-state index in [2.05, 4.69) is 0 Å². The SMILES string of the molecule is CC(C)[Si](Oc1c(F)c(F)c(F)c2c(F)cc(F)c(F)c12)(C(C)C)C(C)C. The van der Waals surface area contributed by atoms with Gasteiger partial charge in [0.15, 0.2) is 29.0 Å². The summed E-state index contributed by atoms with van der Waals surface area (Å²) in [6, 6.07) is 0.0971. The van der Waals surface area contributed by atoms with E-state index >= 15 is 0 Å². The molecule has 0 radical (unpaired) electrons. The van der Waals surface area contributed by atoms with Gasteiger partial charge in [-0.1, -0.05) is 41.5 Å². The van der Waals surface area contributed by atoms with Gasteiger partial charge in [-0.2, -0.15) is 4.39 Å². The predicted octanol–water partition coefficient (Wildman–Crippen LogP) is 7.23. The van der Waals surface area contributed by atoms with E-state index in [-0.39, 0.29) is 22.7 Å². The smallest absolute Gasteiger partial charge is 0.258 e. The maximum absolute atomic E-state index is 14.6. The van der Waals surface area contributed by atoms with Crippen LogP contribution in [0.25, 0.3) is 10.8 Å². The molecule has 0 aliphatic carbocycles. The van der Waals surface area contributed by atoms with Gasteiger partial charge in [-0.3, -0.25) is 0 Å². The summed E-state index contributed by atoms with van der Waals surface area (Å²) in [4.78, 5) is 0. The van der Waals surface area contributed by atoms with E-state index in [9.17, 15) is 26.3 Å². The number of rotatable bonds is 5. The summed E-state index contributed by atoms with van der Waals surface area (Å²) >= 11 is 0. The van der Waals surface area contributed by atoms with Gasteiger partial charge < -0.3 is 4.43 Å². The predicted molar refractivity (Wildman–Crippen MR) is 95.4 cm³/mol. The van der Waals surface area contributed by atoms with Crippen molar-refractivity contribution in [1.29, 1.82) is 0 Å². The van der Waals surface area contributed by atoms with Crippen LogP contribution in [0.2, 0.25) is 16.6 Å². The average molecular weight is 408 g/mol. The van der Waals surface area contributed by atoms with Crippen LogP contribution >= 0.6 is 0 Å². The molecule has 0 atom stereocenters. The fourth-order valence-electron chi connectivity index (χ4n) is 4.06. The van der Waals surface area contributed by atoms with Gasteiger partial charge >= 0.3 is 0 Å². The molecule has 0 saturated carbocycles. The molecule has 0 heterocycles. The molecule has 0 aliphatic heterocycles. The topological polar surface area (TPSA) is 9.23 Å². The summed E-state index contributed by atoms with van der Waals surface area (Å²) in [5.74, 6) is -11.5. The molecule has 0 saturated heterocycles. The maximum Gasteiger partial charge on any atom is 0.258 e. The van der Waals surface area contributed by atoms with Crippen molar-refractivity contribution < 1.29 is 30.8 Å². The maximum atomic E-state index is 14.6. The Morgan fingerprint density at radius 2 is 1.11 bits per heavy atom. The highest BCUT2D eigenvalue weighted by Crippen LogP contribution is 2.46. The minimum atomic E-state index is -2.96. The van der Waals surface area contributed by atoms with E-state index in [1.54, 1.807) is 0 Å².